The minimum atomic E-state index is 0.500. The van der Waals surface area contributed by atoms with E-state index in [0.717, 1.165) is 16.9 Å². The maximum absolute atomic E-state index is 9.05. The standard InChI is InChI=1S/C17H19NO2/c1-3-16(18-19)15-6-4-5-7-17(15)20-12-14-10-8-13(2)9-11-14/h4-11,19H,3,12H2,1-2H3/b18-16+. The summed E-state index contributed by atoms with van der Waals surface area (Å²) in [6, 6.07) is 15.9. The molecular weight excluding hydrogens is 250 g/mol. The highest BCUT2D eigenvalue weighted by atomic mass is 16.5. The minimum absolute atomic E-state index is 0.500. The van der Waals surface area contributed by atoms with Crippen molar-refractivity contribution < 1.29 is 9.94 Å². The SMILES string of the molecule is CC/C(=N\O)c1ccccc1OCc1ccc(C)cc1. The first kappa shape index (κ1) is 14.1. The second-order valence-corrected chi connectivity index (χ2v) is 4.67. The van der Waals surface area contributed by atoms with Gasteiger partial charge >= 0.3 is 0 Å². The van der Waals surface area contributed by atoms with Crippen molar-refractivity contribution in [2.45, 2.75) is 26.9 Å². The maximum atomic E-state index is 9.05. The van der Waals surface area contributed by atoms with Crippen LogP contribution in [0, 0.1) is 6.92 Å². The summed E-state index contributed by atoms with van der Waals surface area (Å²) in [5.74, 6) is 0.739. The van der Waals surface area contributed by atoms with Gasteiger partial charge in [-0.3, -0.25) is 0 Å². The molecule has 0 unspecified atom stereocenters. The normalized spacial score (nSPS) is 11.4. The fourth-order valence-corrected chi connectivity index (χ4v) is 1.99. The Hall–Kier alpha value is -2.29. The highest BCUT2D eigenvalue weighted by Gasteiger charge is 2.09. The third kappa shape index (κ3) is 3.38. The molecule has 0 aromatic heterocycles. The van der Waals surface area contributed by atoms with Crippen LogP contribution in [0.3, 0.4) is 0 Å². The van der Waals surface area contributed by atoms with E-state index in [4.69, 9.17) is 9.94 Å². The van der Waals surface area contributed by atoms with E-state index in [1.165, 1.54) is 5.56 Å². The summed E-state index contributed by atoms with van der Waals surface area (Å²) in [6.45, 7) is 4.51. The molecular formula is C17H19NO2. The molecule has 3 heteroatoms. The van der Waals surface area contributed by atoms with E-state index in [1.807, 2.05) is 31.2 Å². The lowest BCUT2D eigenvalue weighted by Gasteiger charge is -2.11. The van der Waals surface area contributed by atoms with Gasteiger partial charge in [-0.1, -0.05) is 54.0 Å². The highest BCUT2D eigenvalue weighted by Crippen LogP contribution is 2.21. The Labute approximate surface area is 119 Å². The first-order chi connectivity index (χ1) is 9.74. The van der Waals surface area contributed by atoms with Crippen LogP contribution in [0.5, 0.6) is 5.75 Å². The van der Waals surface area contributed by atoms with Crippen LogP contribution in [-0.2, 0) is 6.61 Å². The van der Waals surface area contributed by atoms with Crippen LogP contribution in [0.25, 0.3) is 0 Å². The highest BCUT2D eigenvalue weighted by molar-refractivity contribution is 6.02. The third-order valence-electron chi connectivity index (χ3n) is 3.17. The van der Waals surface area contributed by atoms with Gasteiger partial charge in [0.15, 0.2) is 0 Å². The number of oxime groups is 1. The summed E-state index contributed by atoms with van der Waals surface area (Å²) in [7, 11) is 0. The van der Waals surface area contributed by atoms with Gasteiger partial charge in [-0.2, -0.15) is 0 Å². The second-order valence-electron chi connectivity index (χ2n) is 4.67. The van der Waals surface area contributed by atoms with Gasteiger partial charge in [-0.25, -0.2) is 0 Å². The van der Waals surface area contributed by atoms with Crippen LogP contribution in [0.2, 0.25) is 0 Å². The van der Waals surface area contributed by atoms with Gasteiger partial charge in [-0.15, -0.1) is 0 Å². The lowest BCUT2D eigenvalue weighted by molar-refractivity contribution is 0.303. The van der Waals surface area contributed by atoms with Gasteiger partial charge in [0.05, 0.1) is 5.71 Å². The van der Waals surface area contributed by atoms with Gasteiger partial charge in [-0.05, 0) is 31.0 Å². The van der Waals surface area contributed by atoms with Crippen molar-refractivity contribution in [3.63, 3.8) is 0 Å². The number of hydrogen-bond acceptors (Lipinski definition) is 3. The zero-order chi connectivity index (χ0) is 14.4. The lowest BCUT2D eigenvalue weighted by atomic mass is 10.1. The molecule has 2 rings (SSSR count). The molecule has 0 saturated heterocycles. The quantitative estimate of drug-likeness (QED) is 0.503. The monoisotopic (exact) mass is 269 g/mol. The van der Waals surface area contributed by atoms with Crippen molar-refractivity contribution in [3.05, 3.63) is 65.2 Å². The molecule has 3 nitrogen and oxygen atoms in total. The van der Waals surface area contributed by atoms with Crippen molar-refractivity contribution in [1.82, 2.24) is 0 Å². The molecule has 0 fully saturated rings. The Bertz CT molecular complexity index is 588. The van der Waals surface area contributed by atoms with Crippen molar-refractivity contribution in [2.75, 3.05) is 0 Å². The molecule has 0 aliphatic rings. The number of ether oxygens (including phenoxy) is 1. The van der Waals surface area contributed by atoms with Crippen LogP contribution in [0.15, 0.2) is 53.7 Å². The van der Waals surface area contributed by atoms with Crippen molar-refractivity contribution in [1.29, 1.82) is 0 Å². The first-order valence-corrected chi connectivity index (χ1v) is 6.73. The Kier molecular flexibility index (Phi) is 4.77. The van der Waals surface area contributed by atoms with E-state index in [1.54, 1.807) is 0 Å². The van der Waals surface area contributed by atoms with E-state index in [0.29, 0.717) is 18.7 Å². The Balaban J connectivity index is 2.15. The van der Waals surface area contributed by atoms with Gasteiger partial charge in [0.2, 0.25) is 0 Å². The second kappa shape index (κ2) is 6.75. The molecule has 0 bridgehead atoms. The van der Waals surface area contributed by atoms with Gasteiger partial charge in [0, 0.05) is 5.56 Å². The number of para-hydroxylation sites is 1. The van der Waals surface area contributed by atoms with Crippen LogP contribution in [0.4, 0.5) is 0 Å². The molecule has 0 spiro atoms. The van der Waals surface area contributed by atoms with Crippen molar-refractivity contribution in [2.24, 2.45) is 5.16 Å². The zero-order valence-electron chi connectivity index (χ0n) is 11.8. The maximum Gasteiger partial charge on any atom is 0.128 e. The molecule has 20 heavy (non-hydrogen) atoms. The molecule has 1 N–H and O–H groups in total. The molecule has 0 aliphatic heterocycles. The van der Waals surface area contributed by atoms with Crippen molar-refractivity contribution in [3.8, 4) is 5.75 Å². The van der Waals surface area contributed by atoms with E-state index in [9.17, 15) is 0 Å². The predicted molar refractivity (Wildman–Crippen MR) is 80.6 cm³/mol. The third-order valence-corrected chi connectivity index (χ3v) is 3.17. The molecule has 0 atom stereocenters. The Morgan fingerprint density at radius 1 is 1.10 bits per heavy atom. The summed E-state index contributed by atoms with van der Waals surface area (Å²) in [4.78, 5) is 0. The van der Waals surface area contributed by atoms with Crippen LogP contribution >= 0.6 is 0 Å². The topological polar surface area (TPSA) is 41.8 Å². The molecule has 2 aromatic carbocycles. The number of nitrogens with zero attached hydrogens (tertiary/aromatic N) is 1. The summed E-state index contributed by atoms with van der Waals surface area (Å²) in [5.41, 5.74) is 3.81. The molecule has 2 aromatic rings. The molecule has 0 saturated carbocycles. The molecule has 0 aliphatic carbocycles. The van der Waals surface area contributed by atoms with E-state index < -0.39 is 0 Å². The number of benzene rings is 2. The Morgan fingerprint density at radius 3 is 2.45 bits per heavy atom. The van der Waals surface area contributed by atoms with Gasteiger partial charge in [0.1, 0.15) is 12.4 Å². The van der Waals surface area contributed by atoms with Crippen LogP contribution in [-0.4, -0.2) is 10.9 Å². The number of hydrogen-bond donors (Lipinski definition) is 1. The summed E-state index contributed by atoms with van der Waals surface area (Å²) < 4.78 is 5.86. The summed E-state index contributed by atoms with van der Waals surface area (Å²) in [6.07, 6.45) is 0.654. The van der Waals surface area contributed by atoms with E-state index in [2.05, 4.69) is 36.3 Å². The fourth-order valence-electron chi connectivity index (χ4n) is 1.99. The smallest absolute Gasteiger partial charge is 0.128 e. The van der Waals surface area contributed by atoms with E-state index in [-0.39, 0.29) is 0 Å². The molecule has 104 valence electrons. The molecule has 0 amide bonds. The lowest BCUT2D eigenvalue weighted by Crippen LogP contribution is -2.04. The van der Waals surface area contributed by atoms with Crippen LogP contribution < -0.4 is 4.74 Å². The average Bonchev–Trinajstić information content (AvgIpc) is 2.49. The molecule has 0 heterocycles. The molecule has 0 radical (unpaired) electrons. The summed E-state index contributed by atoms with van der Waals surface area (Å²) >= 11 is 0. The average molecular weight is 269 g/mol. The van der Waals surface area contributed by atoms with E-state index >= 15 is 0 Å². The number of rotatable bonds is 5. The fraction of sp³-hybridized carbons (Fsp3) is 0.235. The number of aryl methyl sites for hydroxylation is 1. The Morgan fingerprint density at radius 2 is 1.80 bits per heavy atom. The minimum Gasteiger partial charge on any atom is -0.488 e. The summed E-state index contributed by atoms with van der Waals surface area (Å²) in [5, 5.41) is 12.4. The van der Waals surface area contributed by atoms with Gasteiger partial charge < -0.3 is 9.94 Å². The first-order valence-electron chi connectivity index (χ1n) is 6.73. The zero-order valence-corrected chi connectivity index (χ0v) is 11.8. The largest absolute Gasteiger partial charge is 0.488 e. The van der Waals surface area contributed by atoms with Gasteiger partial charge in [0.25, 0.3) is 0 Å². The van der Waals surface area contributed by atoms with Crippen molar-refractivity contribution >= 4 is 5.71 Å². The van der Waals surface area contributed by atoms with Crippen LogP contribution in [0.1, 0.15) is 30.0 Å². The predicted octanol–water partition coefficient (Wildman–Crippen LogP) is 4.16.